The molecule has 1 N–H and O–H groups in total. The molecule has 0 amide bonds. The summed E-state index contributed by atoms with van der Waals surface area (Å²) >= 11 is 6.78. The molecule has 0 radical (unpaired) electrons. The number of aromatic nitrogens is 2. The van der Waals surface area contributed by atoms with E-state index in [1.54, 1.807) is 30.0 Å². The fraction of sp³-hybridized carbons (Fsp3) is 0.400. The van der Waals surface area contributed by atoms with Crippen molar-refractivity contribution in [1.82, 2.24) is 9.78 Å². The van der Waals surface area contributed by atoms with Crippen molar-refractivity contribution in [3.05, 3.63) is 34.9 Å². The first-order chi connectivity index (χ1) is 11.6. The Morgan fingerprint density at radius 3 is 3.12 bits per heavy atom. The Hall–Kier alpha value is -1.71. The Bertz CT molecular complexity index is 792. The summed E-state index contributed by atoms with van der Waals surface area (Å²) in [6, 6.07) is 6.26. The van der Waals surface area contributed by atoms with Gasteiger partial charge in [0, 0.05) is 5.75 Å². The van der Waals surface area contributed by atoms with Crippen LogP contribution < -0.4 is 4.90 Å². The summed E-state index contributed by atoms with van der Waals surface area (Å²) < 4.78 is 25.6. The van der Waals surface area contributed by atoms with Crippen LogP contribution in [0.1, 0.15) is 0 Å². The van der Waals surface area contributed by atoms with E-state index in [1.807, 2.05) is 0 Å². The largest absolute Gasteiger partial charge is 0.468 e. The molecule has 0 aliphatic carbocycles. The zero-order valence-corrected chi connectivity index (χ0v) is 14.7. The van der Waals surface area contributed by atoms with Crippen molar-refractivity contribution in [3.8, 4) is 11.5 Å². The highest BCUT2D eigenvalue weighted by molar-refractivity contribution is 8.00. The number of hydrogen-bond acceptors (Lipinski definition) is 6. The van der Waals surface area contributed by atoms with E-state index in [1.165, 1.54) is 17.9 Å². The van der Waals surface area contributed by atoms with Crippen molar-refractivity contribution in [2.24, 2.45) is 0 Å². The summed E-state index contributed by atoms with van der Waals surface area (Å²) in [5.74, 6) is 0.384. The van der Waals surface area contributed by atoms with Crippen molar-refractivity contribution in [2.45, 2.75) is 11.9 Å². The molecular weight excluding hydrogens is 353 g/mol. The van der Waals surface area contributed by atoms with Crippen LogP contribution in [0.4, 0.5) is 4.39 Å². The van der Waals surface area contributed by atoms with Crippen LogP contribution in [0.5, 0.6) is 0 Å². The Kier molecular flexibility index (Phi) is 5.32. The van der Waals surface area contributed by atoms with Crippen molar-refractivity contribution >= 4 is 29.9 Å². The average molecular weight is 370 g/mol. The molecule has 3 rings (SSSR count). The van der Waals surface area contributed by atoms with Gasteiger partial charge in [-0.05, 0) is 24.4 Å². The van der Waals surface area contributed by atoms with Crippen molar-refractivity contribution < 1.29 is 23.2 Å². The highest BCUT2D eigenvalue weighted by atomic mass is 32.2. The lowest BCUT2D eigenvalue weighted by Gasteiger charge is -2.27. The number of benzene rings is 1. The first-order valence-corrected chi connectivity index (χ1v) is 8.90. The second-order valence-electron chi connectivity index (χ2n) is 5.40. The molecule has 1 aromatic carbocycles. The van der Waals surface area contributed by atoms with Gasteiger partial charge < -0.3 is 14.1 Å². The van der Waals surface area contributed by atoms with E-state index in [-0.39, 0.29) is 27.5 Å². The number of ether oxygens (including phenoxy) is 1. The third kappa shape index (κ3) is 3.68. The monoisotopic (exact) mass is 370 g/mol. The first-order valence-electron chi connectivity index (χ1n) is 7.44. The first kappa shape index (κ1) is 17.1. The molecule has 1 aliphatic rings. The number of esters is 1. The molecule has 6 nitrogen and oxygen atoms in total. The number of rotatable bonds is 4. The van der Waals surface area contributed by atoms with Gasteiger partial charge in [-0.15, -0.1) is 16.9 Å². The number of halogens is 1. The van der Waals surface area contributed by atoms with E-state index < -0.39 is 5.82 Å². The summed E-state index contributed by atoms with van der Waals surface area (Å²) in [7, 11) is 1.39. The molecule has 1 saturated heterocycles. The van der Waals surface area contributed by atoms with Gasteiger partial charge in [-0.2, -0.15) is 4.68 Å². The van der Waals surface area contributed by atoms with Crippen LogP contribution in [-0.4, -0.2) is 47.0 Å². The smallest absolute Gasteiger partial charge is 0.324 e. The van der Waals surface area contributed by atoms with Gasteiger partial charge in [-0.1, -0.05) is 12.1 Å². The molecule has 1 aromatic heterocycles. The summed E-state index contributed by atoms with van der Waals surface area (Å²) in [6.07, 6.45) is 0. The topological polar surface area (TPSA) is 61.7 Å². The van der Waals surface area contributed by atoms with Gasteiger partial charge >= 0.3 is 5.97 Å². The number of methoxy groups -OCH3 is 1. The number of nitrogens with zero attached hydrogens (tertiary/aromatic N) is 2. The van der Waals surface area contributed by atoms with Gasteiger partial charge in [0.25, 0.3) is 4.84 Å². The molecule has 1 unspecified atom stereocenters. The lowest BCUT2D eigenvalue weighted by Crippen LogP contribution is -3.14. The molecule has 1 fully saturated rings. The van der Waals surface area contributed by atoms with Crippen LogP contribution in [0.2, 0.25) is 0 Å². The van der Waals surface area contributed by atoms with E-state index in [4.69, 9.17) is 21.4 Å². The van der Waals surface area contributed by atoms with Gasteiger partial charge in [0.2, 0.25) is 5.89 Å². The lowest BCUT2D eigenvalue weighted by atomic mass is 10.2. The second kappa shape index (κ2) is 7.45. The normalized spacial score (nSPS) is 20.8. The van der Waals surface area contributed by atoms with Crippen LogP contribution >= 0.6 is 24.0 Å². The SMILES string of the molecule is COC(=O)[C@@H]1C[NH+](Cn2nc(-c3ccccc3F)oc2=S)CCS1. The lowest BCUT2D eigenvalue weighted by molar-refractivity contribution is -0.921. The highest BCUT2D eigenvalue weighted by Crippen LogP contribution is 2.20. The fourth-order valence-electron chi connectivity index (χ4n) is 2.56. The van der Waals surface area contributed by atoms with Crippen LogP contribution in [0, 0.1) is 10.7 Å². The minimum Gasteiger partial charge on any atom is -0.468 e. The molecular formula is C15H17FN3O3S2+. The Morgan fingerprint density at radius 2 is 2.38 bits per heavy atom. The van der Waals surface area contributed by atoms with E-state index in [2.05, 4.69) is 5.10 Å². The summed E-state index contributed by atoms with van der Waals surface area (Å²) in [5.41, 5.74) is 0.277. The third-order valence-corrected chi connectivity index (χ3v) is 5.29. The van der Waals surface area contributed by atoms with Gasteiger partial charge in [0.05, 0.1) is 19.2 Å². The number of thioether (sulfide) groups is 1. The Labute approximate surface area is 147 Å². The number of carbonyl (C=O) groups is 1. The minimum atomic E-state index is -0.409. The van der Waals surface area contributed by atoms with Crippen molar-refractivity contribution in [3.63, 3.8) is 0 Å². The quantitative estimate of drug-likeness (QED) is 0.643. The highest BCUT2D eigenvalue weighted by Gasteiger charge is 2.30. The average Bonchev–Trinajstić information content (AvgIpc) is 2.95. The van der Waals surface area contributed by atoms with E-state index in [9.17, 15) is 9.18 Å². The van der Waals surface area contributed by atoms with E-state index >= 15 is 0 Å². The molecule has 2 heterocycles. The second-order valence-corrected chi connectivity index (χ2v) is 7.06. The zero-order valence-electron chi connectivity index (χ0n) is 13.0. The molecule has 2 atom stereocenters. The number of hydrogen-bond donors (Lipinski definition) is 1. The van der Waals surface area contributed by atoms with Crippen molar-refractivity contribution in [1.29, 1.82) is 0 Å². The van der Waals surface area contributed by atoms with Gasteiger partial charge in [-0.3, -0.25) is 4.79 Å². The van der Waals surface area contributed by atoms with E-state index in [0.717, 1.165) is 17.2 Å². The molecule has 9 heteroatoms. The predicted octanol–water partition coefficient (Wildman–Crippen LogP) is 1.14. The Balaban J connectivity index is 1.75. The van der Waals surface area contributed by atoms with Gasteiger partial charge in [0.15, 0.2) is 11.9 Å². The number of quaternary nitrogens is 1. The van der Waals surface area contributed by atoms with E-state index in [0.29, 0.717) is 13.2 Å². The molecule has 24 heavy (non-hydrogen) atoms. The number of carbonyl (C=O) groups excluding carboxylic acids is 1. The summed E-state index contributed by atoms with van der Waals surface area (Å²) in [6.45, 7) is 1.97. The van der Waals surface area contributed by atoms with Crippen LogP contribution in [0.15, 0.2) is 28.7 Å². The molecule has 2 aromatic rings. The summed E-state index contributed by atoms with van der Waals surface area (Å²) in [4.78, 5) is 13.0. The third-order valence-electron chi connectivity index (χ3n) is 3.80. The summed E-state index contributed by atoms with van der Waals surface area (Å²) in [5, 5.41) is 4.10. The maximum Gasteiger partial charge on any atom is 0.324 e. The van der Waals surface area contributed by atoms with Crippen LogP contribution in [0.3, 0.4) is 0 Å². The predicted molar refractivity (Wildman–Crippen MR) is 89.7 cm³/mol. The fourth-order valence-corrected chi connectivity index (χ4v) is 4.02. The van der Waals surface area contributed by atoms with Crippen molar-refractivity contribution in [2.75, 3.05) is 26.0 Å². The maximum atomic E-state index is 13.9. The molecule has 1 aliphatic heterocycles. The van der Waals surface area contributed by atoms with Gasteiger partial charge in [-0.25, -0.2) is 4.39 Å². The molecule has 0 spiro atoms. The maximum absolute atomic E-state index is 13.9. The number of nitrogens with one attached hydrogen (secondary N) is 1. The van der Waals surface area contributed by atoms with Gasteiger partial charge in [0.1, 0.15) is 12.4 Å². The molecule has 0 bridgehead atoms. The molecule has 128 valence electrons. The zero-order chi connectivity index (χ0) is 17.1. The van der Waals surface area contributed by atoms with Crippen LogP contribution in [0.25, 0.3) is 11.5 Å². The Morgan fingerprint density at radius 1 is 1.58 bits per heavy atom. The minimum absolute atomic E-state index is 0.161. The molecule has 0 saturated carbocycles. The standard InChI is InChI=1S/C15H16FN3O3S2/c1-21-14(20)12-8-18(6-7-24-12)9-19-15(23)22-13(17-19)10-4-2-3-5-11(10)16/h2-5,12H,6-9H2,1H3/p+1/t12-/m0/s1. The van der Waals surface area contributed by atoms with Crippen LogP contribution in [-0.2, 0) is 16.2 Å².